The largest absolute Gasteiger partial charge is 0.464 e. The molecule has 1 aliphatic carbocycles. The number of hydrogen-bond donors (Lipinski definition) is 0. The molecule has 6 nitrogen and oxygen atoms in total. The zero-order valence-corrected chi connectivity index (χ0v) is 13.5. The Balaban J connectivity index is 2.16. The number of fused-ring (bicyclic) bond motifs is 1. The van der Waals surface area contributed by atoms with Crippen molar-refractivity contribution in [3.63, 3.8) is 0 Å². The molecule has 0 bridgehead atoms. The van der Waals surface area contributed by atoms with Crippen LogP contribution in [-0.4, -0.2) is 43.3 Å². The van der Waals surface area contributed by atoms with Crippen LogP contribution in [0, 0.1) is 23.2 Å². The summed E-state index contributed by atoms with van der Waals surface area (Å²) in [6, 6.07) is 1.40. The molecular weight excluding hydrogens is 296 g/mol. The minimum atomic E-state index is -0.594. The van der Waals surface area contributed by atoms with E-state index >= 15 is 0 Å². The number of likely N-dealkylation sites (tertiary alicyclic amines) is 1. The van der Waals surface area contributed by atoms with E-state index in [0.29, 0.717) is 24.8 Å². The summed E-state index contributed by atoms with van der Waals surface area (Å²) in [5.41, 5.74) is 1.11. The van der Waals surface area contributed by atoms with E-state index in [1.807, 2.05) is 12.1 Å². The number of piperidine rings is 1. The number of allylic oxidation sites excluding steroid dienone is 4. The molecule has 0 aromatic carbocycles. The summed E-state index contributed by atoms with van der Waals surface area (Å²) in [7, 11) is 1.32. The van der Waals surface area contributed by atoms with E-state index in [-0.39, 0.29) is 12.6 Å². The monoisotopic (exact) mass is 318 g/mol. The number of rotatable bonds is 3. The summed E-state index contributed by atoms with van der Waals surface area (Å²) in [6.07, 6.45) is 7.12. The first kappa shape index (κ1) is 17.1. The normalized spacial score (nSPS) is 26.9. The molecule has 0 unspecified atom stereocenters. The van der Waals surface area contributed by atoms with Crippen LogP contribution in [-0.2, 0) is 14.3 Å². The summed E-state index contributed by atoms with van der Waals surface area (Å²) >= 11 is 0. The van der Waals surface area contributed by atoms with E-state index in [1.54, 1.807) is 6.92 Å². The van der Waals surface area contributed by atoms with Gasteiger partial charge in [0.2, 0.25) is 0 Å². The molecule has 1 saturated heterocycles. The first-order valence-electron chi connectivity index (χ1n) is 7.87. The summed E-state index contributed by atoms with van der Waals surface area (Å²) in [6.45, 7) is 2.53. The van der Waals surface area contributed by atoms with Crippen molar-refractivity contribution in [3.8, 4) is 6.07 Å². The number of ether oxygens (including phenoxy) is 2. The predicted molar refractivity (Wildman–Crippen MR) is 83.2 cm³/mol. The molecule has 2 aliphatic rings. The van der Waals surface area contributed by atoms with Gasteiger partial charge in [-0.25, -0.2) is 9.59 Å². The van der Waals surface area contributed by atoms with Gasteiger partial charge in [-0.05, 0) is 44.1 Å². The Bertz CT molecular complexity index is 561. The average Bonchev–Trinajstić information content (AvgIpc) is 2.58. The number of nitrogens with zero attached hydrogens (tertiary/aromatic N) is 2. The number of esters is 1. The summed E-state index contributed by atoms with van der Waals surface area (Å²) in [5, 5.41) is 8.64. The van der Waals surface area contributed by atoms with Crippen molar-refractivity contribution in [1.29, 1.82) is 5.26 Å². The molecule has 1 aliphatic heterocycles. The third kappa shape index (κ3) is 3.92. The zero-order valence-electron chi connectivity index (χ0n) is 13.5. The highest BCUT2D eigenvalue weighted by Crippen LogP contribution is 2.39. The van der Waals surface area contributed by atoms with E-state index in [9.17, 15) is 9.59 Å². The fraction of sp³-hybridized carbons (Fsp3) is 0.588. The minimum Gasteiger partial charge on any atom is -0.464 e. The average molecular weight is 318 g/mol. The molecule has 3 atom stereocenters. The van der Waals surface area contributed by atoms with Gasteiger partial charge in [0.25, 0.3) is 0 Å². The van der Waals surface area contributed by atoms with Gasteiger partial charge in [-0.15, -0.1) is 0 Å². The van der Waals surface area contributed by atoms with Crippen LogP contribution in [0.15, 0.2) is 23.8 Å². The van der Waals surface area contributed by atoms with Gasteiger partial charge in [-0.2, -0.15) is 5.26 Å². The van der Waals surface area contributed by atoms with Crippen LogP contribution < -0.4 is 0 Å². The Morgan fingerprint density at radius 2 is 2.26 bits per heavy atom. The van der Waals surface area contributed by atoms with Gasteiger partial charge in [0.15, 0.2) is 0 Å². The topological polar surface area (TPSA) is 79.6 Å². The van der Waals surface area contributed by atoms with E-state index in [0.717, 1.165) is 18.4 Å². The second kappa shape index (κ2) is 7.82. The highest BCUT2D eigenvalue weighted by atomic mass is 16.6. The van der Waals surface area contributed by atoms with Gasteiger partial charge in [0.1, 0.15) is 6.04 Å². The van der Waals surface area contributed by atoms with Crippen LogP contribution >= 0.6 is 0 Å². The van der Waals surface area contributed by atoms with Crippen molar-refractivity contribution in [2.24, 2.45) is 11.8 Å². The number of nitriles is 1. The van der Waals surface area contributed by atoms with Crippen molar-refractivity contribution in [2.45, 2.75) is 32.2 Å². The Kier molecular flexibility index (Phi) is 5.80. The SMILES string of the molecule is CCOC(=O)[C@@H]1C[C@H]2CC(/C=C/C#N)=CC[C@@H]2CN1C(=O)OC. The molecule has 1 amide bonds. The molecule has 0 aromatic heterocycles. The molecule has 0 radical (unpaired) electrons. The molecule has 23 heavy (non-hydrogen) atoms. The van der Waals surface area contributed by atoms with Crippen LogP contribution in [0.2, 0.25) is 0 Å². The third-order valence-electron chi connectivity index (χ3n) is 4.52. The molecule has 6 heteroatoms. The van der Waals surface area contributed by atoms with Crippen LogP contribution in [0.1, 0.15) is 26.2 Å². The van der Waals surface area contributed by atoms with Crippen LogP contribution in [0.4, 0.5) is 4.79 Å². The number of methoxy groups -OCH3 is 1. The number of amides is 1. The van der Waals surface area contributed by atoms with Gasteiger partial charge < -0.3 is 9.47 Å². The maximum absolute atomic E-state index is 12.2. The summed E-state index contributed by atoms with van der Waals surface area (Å²) in [5.74, 6) is 0.229. The lowest BCUT2D eigenvalue weighted by Crippen LogP contribution is -2.54. The molecule has 0 saturated carbocycles. The first-order chi connectivity index (χ1) is 11.1. The van der Waals surface area contributed by atoms with E-state index in [1.165, 1.54) is 18.1 Å². The lowest BCUT2D eigenvalue weighted by atomic mass is 9.73. The summed E-state index contributed by atoms with van der Waals surface area (Å²) < 4.78 is 9.94. The second-order valence-corrected chi connectivity index (χ2v) is 5.83. The minimum absolute atomic E-state index is 0.286. The zero-order chi connectivity index (χ0) is 16.8. The maximum atomic E-state index is 12.2. The van der Waals surface area contributed by atoms with Crippen LogP contribution in [0.5, 0.6) is 0 Å². The molecular formula is C17H22N2O4. The smallest absolute Gasteiger partial charge is 0.410 e. The van der Waals surface area contributed by atoms with E-state index in [2.05, 4.69) is 6.08 Å². The number of carbonyl (C=O) groups excluding carboxylic acids is 2. The van der Waals surface area contributed by atoms with Crippen molar-refractivity contribution in [1.82, 2.24) is 4.90 Å². The Morgan fingerprint density at radius 3 is 2.91 bits per heavy atom. The fourth-order valence-electron chi connectivity index (χ4n) is 3.40. The Hall–Kier alpha value is -2.29. The fourth-order valence-corrected chi connectivity index (χ4v) is 3.40. The van der Waals surface area contributed by atoms with Crippen LogP contribution in [0.25, 0.3) is 0 Å². The van der Waals surface area contributed by atoms with Gasteiger partial charge in [0.05, 0.1) is 19.8 Å². The van der Waals surface area contributed by atoms with E-state index < -0.39 is 12.1 Å². The van der Waals surface area contributed by atoms with Crippen molar-refractivity contribution in [2.75, 3.05) is 20.3 Å². The lowest BCUT2D eigenvalue weighted by Gasteiger charge is -2.43. The van der Waals surface area contributed by atoms with Crippen molar-refractivity contribution in [3.05, 3.63) is 23.8 Å². The third-order valence-corrected chi connectivity index (χ3v) is 4.52. The second-order valence-electron chi connectivity index (χ2n) is 5.83. The molecule has 0 aromatic rings. The Labute approximate surface area is 136 Å². The quantitative estimate of drug-likeness (QED) is 0.590. The number of hydrogen-bond acceptors (Lipinski definition) is 5. The van der Waals surface area contributed by atoms with Gasteiger partial charge in [-0.1, -0.05) is 11.6 Å². The van der Waals surface area contributed by atoms with E-state index in [4.69, 9.17) is 14.7 Å². The molecule has 0 N–H and O–H groups in total. The van der Waals surface area contributed by atoms with Crippen molar-refractivity contribution >= 4 is 12.1 Å². The molecule has 1 fully saturated rings. The highest BCUT2D eigenvalue weighted by molar-refractivity contribution is 5.81. The first-order valence-corrected chi connectivity index (χ1v) is 7.87. The standard InChI is InChI=1S/C17H22N2O4/c1-3-23-16(20)15-10-14-9-12(5-4-8-18)6-7-13(14)11-19(15)17(21)22-2/h4-6,13-15H,3,7,9-11H2,1-2H3/b5-4+/t13-,14-,15+/m1/s1. The predicted octanol–water partition coefficient (Wildman–Crippen LogP) is 2.42. The Morgan fingerprint density at radius 1 is 1.48 bits per heavy atom. The number of carbonyl (C=O) groups is 2. The van der Waals surface area contributed by atoms with Gasteiger partial charge >= 0.3 is 12.1 Å². The summed E-state index contributed by atoms with van der Waals surface area (Å²) in [4.78, 5) is 25.7. The molecule has 2 rings (SSSR count). The van der Waals surface area contributed by atoms with Crippen molar-refractivity contribution < 1.29 is 19.1 Å². The van der Waals surface area contributed by atoms with Crippen LogP contribution in [0.3, 0.4) is 0 Å². The molecule has 124 valence electrons. The molecule has 0 spiro atoms. The lowest BCUT2D eigenvalue weighted by molar-refractivity contribution is -0.151. The highest BCUT2D eigenvalue weighted by Gasteiger charge is 2.43. The van der Waals surface area contributed by atoms with Gasteiger partial charge in [0, 0.05) is 12.6 Å². The maximum Gasteiger partial charge on any atom is 0.410 e. The molecule has 1 heterocycles. The van der Waals surface area contributed by atoms with Gasteiger partial charge in [-0.3, -0.25) is 4.90 Å².